The molecule has 0 aliphatic carbocycles. The fourth-order valence-corrected chi connectivity index (χ4v) is 2.78. The van der Waals surface area contributed by atoms with E-state index in [2.05, 4.69) is 26.0 Å². The summed E-state index contributed by atoms with van der Waals surface area (Å²) in [7, 11) is 0. The highest BCUT2D eigenvalue weighted by Gasteiger charge is 2.16. The summed E-state index contributed by atoms with van der Waals surface area (Å²) >= 11 is 0. The first-order chi connectivity index (χ1) is 11.0. The molecule has 0 saturated heterocycles. The summed E-state index contributed by atoms with van der Waals surface area (Å²) in [6.45, 7) is 7.24. The van der Waals surface area contributed by atoms with E-state index in [1.807, 2.05) is 19.1 Å². The molecule has 3 nitrogen and oxygen atoms in total. The molecule has 2 unspecified atom stereocenters. The van der Waals surface area contributed by atoms with E-state index < -0.39 is 5.54 Å². The Kier molecular flexibility index (Phi) is 9.27. The van der Waals surface area contributed by atoms with Crippen LogP contribution in [-0.2, 0) is 6.42 Å². The topological polar surface area (TPSA) is 55.5 Å². The lowest BCUT2D eigenvalue weighted by Crippen LogP contribution is -2.40. The van der Waals surface area contributed by atoms with Crippen LogP contribution in [0.2, 0.25) is 0 Å². The van der Waals surface area contributed by atoms with Gasteiger partial charge in [0.25, 0.3) is 0 Å². The van der Waals surface area contributed by atoms with Crippen molar-refractivity contribution in [2.45, 2.75) is 71.3 Å². The predicted octanol–water partition coefficient (Wildman–Crippen LogP) is 4.31. The molecule has 0 aliphatic heterocycles. The van der Waals surface area contributed by atoms with E-state index in [1.54, 1.807) is 0 Å². The monoisotopic (exact) mass is 321 g/mol. The van der Waals surface area contributed by atoms with Crippen LogP contribution in [0.3, 0.4) is 0 Å². The second-order valence-electron chi connectivity index (χ2n) is 7.01. The van der Waals surface area contributed by atoms with Crippen LogP contribution < -0.4 is 10.5 Å². The van der Waals surface area contributed by atoms with Gasteiger partial charge in [0.2, 0.25) is 0 Å². The maximum absolute atomic E-state index is 9.18. The number of hydrogen-bond donors (Lipinski definition) is 2. The molecule has 0 fully saturated rings. The van der Waals surface area contributed by atoms with Crippen LogP contribution in [-0.4, -0.2) is 23.9 Å². The molecule has 0 saturated carbocycles. The predicted molar refractivity (Wildman–Crippen MR) is 97.9 cm³/mol. The molecule has 1 aromatic rings. The lowest BCUT2D eigenvalue weighted by Gasteiger charge is -2.21. The zero-order chi connectivity index (χ0) is 17.1. The van der Waals surface area contributed by atoms with E-state index in [4.69, 9.17) is 10.5 Å². The van der Waals surface area contributed by atoms with Crippen LogP contribution in [0.15, 0.2) is 24.3 Å². The molecular formula is C20H35NO2. The van der Waals surface area contributed by atoms with Crippen molar-refractivity contribution in [2.24, 2.45) is 11.7 Å². The molecule has 23 heavy (non-hydrogen) atoms. The fourth-order valence-electron chi connectivity index (χ4n) is 2.78. The van der Waals surface area contributed by atoms with E-state index >= 15 is 0 Å². The summed E-state index contributed by atoms with van der Waals surface area (Å²) in [6.07, 6.45) is 7.93. The smallest absolute Gasteiger partial charge is 0.119 e. The Labute approximate surface area is 142 Å². The van der Waals surface area contributed by atoms with Gasteiger partial charge in [-0.05, 0) is 56.2 Å². The van der Waals surface area contributed by atoms with Crippen LogP contribution >= 0.6 is 0 Å². The molecule has 0 radical (unpaired) electrons. The average molecular weight is 322 g/mol. The van der Waals surface area contributed by atoms with Crippen molar-refractivity contribution >= 4 is 0 Å². The Morgan fingerprint density at radius 3 is 2.43 bits per heavy atom. The summed E-state index contributed by atoms with van der Waals surface area (Å²) in [5.41, 5.74) is 6.69. The number of aliphatic hydroxyl groups excluding tert-OH is 1. The maximum Gasteiger partial charge on any atom is 0.119 e. The van der Waals surface area contributed by atoms with Crippen LogP contribution in [0, 0.1) is 5.92 Å². The Hall–Kier alpha value is -1.06. The van der Waals surface area contributed by atoms with Crippen molar-refractivity contribution in [1.29, 1.82) is 0 Å². The van der Waals surface area contributed by atoms with Gasteiger partial charge in [0, 0.05) is 5.54 Å². The first-order valence-corrected chi connectivity index (χ1v) is 9.12. The summed E-state index contributed by atoms with van der Waals surface area (Å²) in [5, 5.41) is 9.18. The molecular weight excluding hydrogens is 286 g/mol. The summed E-state index contributed by atoms with van der Waals surface area (Å²) in [4.78, 5) is 0. The Morgan fingerprint density at radius 2 is 1.87 bits per heavy atom. The molecule has 0 spiro atoms. The van der Waals surface area contributed by atoms with E-state index in [0.717, 1.165) is 37.5 Å². The Morgan fingerprint density at radius 1 is 1.17 bits per heavy atom. The van der Waals surface area contributed by atoms with Gasteiger partial charge in [-0.15, -0.1) is 0 Å². The number of hydrogen-bond acceptors (Lipinski definition) is 3. The van der Waals surface area contributed by atoms with Crippen molar-refractivity contribution in [3.63, 3.8) is 0 Å². The zero-order valence-electron chi connectivity index (χ0n) is 15.2. The standard InChI is InChI=1S/C20H35NO2/c1-4-7-17(5-2)8-6-15-23-19-11-9-18(10-12-19)13-14-20(3,21)16-22/h9-12,17,22H,4-8,13-16,21H2,1-3H3. The molecule has 0 heterocycles. The van der Waals surface area contributed by atoms with E-state index in [-0.39, 0.29) is 6.61 Å². The van der Waals surface area contributed by atoms with Gasteiger partial charge in [-0.2, -0.15) is 0 Å². The fraction of sp³-hybridized carbons (Fsp3) is 0.700. The molecule has 0 aromatic heterocycles. The third-order valence-electron chi connectivity index (χ3n) is 4.57. The lowest BCUT2D eigenvalue weighted by atomic mass is 9.95. The van der Waals surface area contributed by atoms with Gasteiger partial charge in [0.15, 0.2) is 0 Å². The molecule has 1 aromatic carbocycles. The third-order valence-corrected chi connectivity index (χ3v) is 4.57. The zero-order valence-corrected chi connectivity index (χ0v) is 15.2. The van der Waals surface area contributed by atoms with Crippen molar-refractivity contribution < 1.29 is 9.84 Å². The van der Waals surface area contributed by atoms with Crippen LogP contribution in [0.25, 0.3) is 0 Å². The van der Waals surface area contributed by atoms with E-state index in [1.165, 1.54) is 31.2 Å². The minimum Gasteiger partial charge on any atom is -0.494 e. The highest BCUT2D eigenvalue weighted by molar-refractivity contribution is 5.27. The Bertz CT molecular complexity index is 414. The molecule has 132 valence electrons. The largest absolute Gasteiger partial charge is 0.494 e. The van der Waals surface area contributed by atoms with Crippen molar-refractivity contribution in [2.75, 3.05) is 13.2 Å². The number of rotatable bonds is 12. The summed E-state index contributed by atoms with van der Waals surface area (Å²) < 4.78 is 5.84. The number of benzene rings is 1. The van der Waals surface area contributed by atoms with Crippen LogP contribution in [0.4, 0.5) is 0 Å². The lowest BCUT2D eigenvalue weighted by molar-refractivity contribution is 0.200. The molecule has 0 aliphatic rings. The molecule has 0 bridgehead atoms. The van der Waals surface area contributed by atoms with Gasteiger partial charge >= 0.3 is 0 Å². The van der Waals surface area contributed by atoms with Gasteiger partial charge in [-0.3, -0.25) is 0 Å². The second-order valence-corrected chi connectivity index (χ2v) is 7.01. The van der Waals surface area contributed by atoms with Gasteiger partial charge in [-0.25, -0.2) is 0 Å². The molecule has 3 N–H and O–H groups in total. The van der Waals surface area contributed by atoms with Gasteiger partial charge in [-0.1, -0.05) is 45.2 Å². The minimum atomic E-state index is -0.497. The SMILES string of the molecule is CCCC(CC)CCCOc1ccc(CCC(C)(N)CO)cc1. The summed E-state index contributed by atoms with van der Waals surface area (Å²) in [5.74, 6) is 1.79. The molecule has 3 heteroatoms. The molecule has 2 atom stereocenters. The maximum atomic E-state index is 9.18. The first kappa shape index (κ1) is 20.0. The van der Waals surface area contributed by atoms with Gasteiger partial charge in [0.1, 0.15) is 5.75 Å². The number of ether oxygens (including phenoxy) is 1. The van der Waals surface area contributed by atoms with Crippen LogP contribution in [0.5, 0.6) is 5.75 Å². The summed E-state index contributed by atoms with van der Waals surface area (Å²) in [6, 6.07) is 8.25. The third kappa shape index (κ3) is 8.38. The van der Waals surface area contributed by atoms with E-state index in [0.29, 0.717) is 0 Å². The van der Waals surface area contributed by atoms with E-state index in [9.17, 15) is 5.11 Å². The highest BCUT2D eigenvalue weighted by atomic mass is 16.5. The molecule has 0 amide bonds. The van der Waals surface area contributed by atoms with Crippen molar-refractivity contribution in [3.05, 3.63) is 29.8 Å². The number of aliphatic hydroxyl groups is 1. The average Bonchev–Trinajstić information content (AvgIpc) is 2.57. The highest BCUT2D eigenvalue weighted by Crippen LogP contribution is 2.19. The number of nitrogens with two attached hydrogens (primary N) is 1. The first-order valence-electron chi connectivity index (χ1n) is 9.12. The Balaban J connectivity index is 2.29. The van der Waals surface area contributed by atoms with Crippen molar-refractivity contribution in [3.8, 4) is 5.75 Å². The quantitative estimate of drug-likeness (QED) is 0.564. The van der Waals surface area contributed by atoms with Crippen LogP contribution in [0.1, 0.15) is 64.9 Å². The van der Waals surface area contributed by atoms with Crippen molar-refractivity contribution in [1.82, 2.24) is 0 Å². The number of aryl methyl sites for hydroxylation is 1. The normalized spacial score (nSPS) is 15.2. The second kappa shape index (κ2) is 10.7. The van der Waals surface area contributed by atoms with Gasteiger partial charge in [0.05, 0.1) is 13.2 Å². The molecule has 1 rings (SSSR count). The minimum absolute atomic E-state index is 0.0188. The van der Waals surface area contributed by atoms with Gasteiger partial charge < -0.3 is 15.6 Å².